The van der Waals surface area contributed by atoms with Gasteiger partial charge in [0.15, 0.2) is 5.82 Å². The number of rotatable bonds is 6. The molecule has 7 heteroatoms. The third-order valence-corrected chi connectivity index (χ3v) is 3.88. The number of hydrogen-bond acceptors (Lipinski definition) is 4. The SMILES string of the molecule is CCn1c(CCNc2ccc([N+](=O)[O-])cc2F)nc2ccccc21. The molecular formula is C17H17FN4O2. The summed E-state index contributed by atoms with van der Waals surface area (Å²) in [4.78, 5) is 14.6. The summed E-state index contributed by atoms with van der Waals surface area (Å²) in [6.07, 6.45) is 0.624. The van der Waals surface area contributed by atoms with Gasteiger partial charge < -0.3 is 9.88 Å². The van der Waals surface area contributed by atoms with Gasteiger partial charge in [0.25, 0.3) is 5.69 Å². The summed E-state index contributed by atoms with van der Waals surface area (Å²) in [5.74, 6) is 0.293. The first-order valence-corrected chi connectivity index (χ1v) is 7.72. The Morgan fingerprint density at radius 3 is 2.79 bits per heavy atom. The van der Waals surface area contributed by atoms with Gasteiger partial charge in [0.1, 0.15) is 5.82 Å². The summed E-state index contributed by atoms with van der Waals surface area (Å²) >= 11 is 0. The largest absolute Gasteiger partial charge is 0.382 e. The van der Waals surface area contributed by atoms with E-state index in [1.807, 2.05) is 24.3 Å². The molecule has 1 heterocycles. The maximum absolute atomic E-state index is 13.9. The molecule has 0 aliphatic rings. The van der Waals surface area contributed by atoms with Crippen LogP contribution in [0.2, 0.25) is 0 Å². The van der Waals surface area contributed by atoms with E-state index in [0.29, 0.717) is 13.0 Å². The lowest BCUT2D eigenvalue weighted by Gasteiger charge is -2.09. The van der Waals surface area contributed by atoms with E-state index in [2.05, 4.69) is 21.8 Å². The number of aromatic nitrogens is 2. The van der Waals surface area contributed by atoms with Crippen LogP contribution >= 0.6 is 0 Å². The molecule has 3 rings (SSSR count). The number of aryl methyl sites for hydroxylation is 1. The molecule has 0 saturated carbocycles. The molecule has 0 saturated heterocycles. The van der Waals surface area contributed by atoms with Crippen LogP contribution in [0.1, 0.15) is 12.7 Å². The van der Waals surface area contributed by atoms with E-state index in [4.69, 9.17) is 0 Å². The molecule has 1 N–H and O–H groups in total. The molecule has 0 aliphatic carbocycles. The highest BCUT2D eigenvalue weighted by molar-refractivity contribution is 5.75. The highest BCUT2D eigenvalue weighted by atomic mass is 19.1. The van der Waals surface area contributed by atoms with Crippen LogP contribution in [0, 0.1) is 15.9 Å². The van der Waals surface area contributed by atoms with E-state index >= 15 is 0 Å². The Morgan fingerprint density at radius 1 is 1.29 bits per heavy atom. The number of hydrogen-bond donors (Lipinski definition) is 1. The first-order chi connectivity index (χ1) is 11.6. The zero-order chi connectivity index (χ0) is 17.1. The Kier molecular flexibility index (Phi) is 4.41. The van der Waals surface area contributed by atoms with Crippen molar-refractivity contribution >= 4 is 22.4 Å². The fourth-order valence-electron chi connectivity index (χ4n) is 2.74. The fourth-order valence-corrected chi connectivity index (χ4v) is 2.74. The van der Waals surface area contributed by atoms with Gasteiger partial charge in [0.05, 0.1) is 27.7 Å². The molecule has 0 amide bonds. The lowest BCUT2D eigenvalue weighted by Crippen LogP contribution is -2.11. The number of benzene rings is 2. The first-order valence-electron chi connectivity index (χ1n) is 7.72. The Morgan fingerprint density at radius 2 is 2.08 bits per heavy atom. The van der Waals surface area contributed by atoms with Gasteiger partial charge in [-0.05, 0) is 25.1 Å². The smallest absolute Gasteiger partial charge is 0.272 e. The predicted octanol–water partition coefficient (Wildman–Crippen LogP) is 3.76. The molecule has 0 aliphatic heterocycles. The van der Waals surface area contributed by atoms with Gasteiger partial charge in [-0.1, -0.05) is 12.1 Å². The average molecular weight is 328 g/mol. The van der Waals surface area contributed by atoms with Crippen LogP contribution in [-0.4, -0.2) is 21.0 Å². The van der Waals surface area contributed by atoms with E-state index < -0.39 is 10.7 Å². The van der Waals surface area contributed by atoms with Crippen molar-refractivity contribution in [2.45, 2.75) is 19.9 Å². The molecule has 3 aromatic rings. The average Bonchev–Trinajstić information content (AvgIpc) is 2.93. The topological polar surface area (TPSA) is 73.0 Å². The van der Waals surface area contributed by atoms with Crippen molar-refractivity contribution in [1.82, 2.24) is 9.55 Å². The summed E-state index contributed by atoms with van der Waals surface area (Å²) in [6, 6.07) is 11.5. The van der Waals surface area contributed by atoms with Gasteiger partial charge in [0, 0.05) is 25.6 Å². The van der Waals surface area contributed by atoms with Crippen molar-refractivity contribution < 1.29 is 9.31 Å². The molecule has 1 aromatic heterocycles. The van der Waals surface area contributed by atoms with Crippen LogP contribution in [0.5, 0.6) is 0 Å². The van der Waals surface area contributed by atoms with Crippen LogP contribution in [0.4, 0.5) is 15.8 Å². The molecule has 24 heavy (non-hydrogen) atoms. The van der Waals surface area contributed by atoms with E-state index in [1.54, 1.807) is 0 Å². The molecule has 0 bridgehead atoms. The fraction of sp³-hybridized carbons (Fsp3) is 0.235. The lowest BCUT2D eigenvalue weighted by molar-refractivity contribution is -0.385. The molecule has 0 radical (unpaired) electrons. The highest BCUT2D eigenvalue weighted by Crippen LogP contribution is 2.21. The van der Waals surface area contributed by atoms with Crippen molar-refractivity contribution in [3.05, 3.63) is 64.2 Å². The number of nitro groups is 1. The Labute approximate surface area is 138 Å². The summed E-state index contributed by atoms with van der Waals surface area (Å²) in [5, 5.41) is 13.6. The Hall–Kier alpha value is -2.96. The maximum Gasteiger partial charge on any atom is 0.272 e. The third-order valence-electron chi connectivity index (χ3n) is 3.88. The second kappa shape index (κ2) is 6.66. The Bertz CT molecular complexity index is 891. The third kappa shape index (κ3) is 3.05. The van der Waals surface area contributed by atoms with Crippen molar-refractivity contribution in [3.63, 3.8) is 0 Å². The van der Waals surface area contributed by atoms with Gasteiger partial charge in [0.2, 0.25) is 0 Å². The number of nitro benzene ring substituents is 1. The second-order valence-electron chi connectivity index (χ2n) is 5.36. The van der Waals surface area contributed by atoms with Crippen molar-refractivity contribution in [1.29, 1.82) is 0 Å². The number of para-hydroxylation sites is 2. The summed E-state index contributed by atoms with van der Waals surface area (Å²) < 4.78 is 16.0. The van der Waals surface area contributed by atoms with Crippen LogP contribution in [0.3, 0.4) is 0 Å². The standard InChI is InChI=1S/C17H17FN4O2/c1-2-21-16-6-4-3-5-15(16)20-17(21)9-10-19-14-8-7-12(22(23)24)11-13(14)18/h3-8,11,19H,2,9-10H2,1H3. The van der Waals surface area contributed by atoms with Gasteiger partial charge in [-0.25, -0.2) is 9.37 Å². The molecule has 0 unspecified atom stereocenters. The predicted molar refractivity (Wildman–Crippen MR) is 90.7 cm³/mol. The van der Waals surface area contributed by atoms with Crippen LogP contribution < -0.4 is 5.32 Å². The maximum atomic E-state index is 13.9. The van der Waals surface area contributed by atoms with E-state index in [0.717, 1.165) is 29.5 Å². The van der Waals surface area contributed by atoms with E-state index in [-0.39, 0.29) is 11.4 Å². The zero-order valence-corrected chi connectivity index (χ0v) is 13.2. The lowest BCUT2D eigenvalue weighted by atomic mass is 10.2. The minimum Gasteiger partial charge on any atom is -0.382 e. The number of non-ortho nitro benzene ring substituents is 1. The number of nitrogens with zero attached hydrogens (tertiary/aromatic N) is 3. The molecule has 2 aromatic carbocycles. The van der Waals surface area contributed by atoms with Crippen LogP contribution in [0.15, 0.2) is 42.5 Å². The number of nitrogens with one attached hydrogen (secondary N) is 1. The van der Waals surface area contributed by atoms with Gasteiger partial charge >= 0.3 is 0 Å². The summed E-state index contributed by atoms with van der Waals surface area (Å²) in [6.45, 7) is 3.35. The van der Waals surface area contributed by atoms with Gasteiger partial charge in [-0.2, -0.15) is 0 Å². The van der Waals surface area contributed by atoms with Crippen molar-refractivity contribution in [3.8, 4) is 0 Å². The molecule has 124 valence electrons. The summed E-state index contributed by atoms with van der Waals surface area (Å²) in [7, 11) is 0. The Balaban J connectivity index is 1.72. The number of imidazole rings is 1. The number of halogens is 1. The normalized spacial score (nSPS) is 10.9. The molecule has 6 nitrogen and oxygen atoms in total. The monoisotopic (exact) mass is 328 g/mol. The van der Waals surface area contributed by atoms with Crippen LogP contribution in [-0.2, 0) is 13.0 Å². The minimum absolute atomic E-state index is 0.250. The number of fused-ring (bicyclic) bond motifs is 1. The van der Waals surface area contributed by atoms with Crippen molar-refractivity contribution in [2.24, 2.45) is 0 Å². The van der Waals surface area contributed by atoms with Gasteiger partial charge in [-0.15, -0.1) is 0 Å². The molecular weight excluding hydrogens is 311 g/mol. The number of anilines is 1. The van der Waals surface area contributed by atoms with E-state index in [9.17, 15) is 14.5 Å². The minimum atomic E-state index is -0.631. The zero-order valence-electron chi connectivity index (χ0n) is 13.2. The quantitative estimate of drug-likeness (QED) is 0.552. The second-order valence-corrected chi connectivity index (χ2v) is 5.36. The van der Waals surface area contributed by atoms with Crippen molar-refractivity contribution in [2.75, 3.05) is 11.9 Å². The summed E-state index contributed by atoms with van der Waals surface area (Å²) in [5.41, 5.74) is 2.01. The molecule has 0 fully saturated rings. The first kappa shape index (κ1) is 15.9. The van der Waals surface area contributed by atoms with Gasteiger partial charge in [-0.3, -0.25) is 10.1 Å². The highest BCUT2D eigenvalue weighted by Gasteiger charge is 2.12. The van der Waals surface area contributed by atoms with Crippen LogP contribution in [0.25, 0.3) is 11.0 Å². The molecule has 0 spiro atoms. The molecule has 0 atom stereocenters. The van der Waals surface area contributed by atoms with E-state index in [1.165, 1.54) is 12.1 Å².